The Hall–Kier alpha value is -0.630. The fraction of sp³-hybridized carbons (Fsp3) is 0.462. The predicted molar refractivity (Wildman–Crippen MR) is 86.8 cm³/mol. The van der Waals surface area contributed by atoms with Crippen LogP contribution in [0.3, 0.4) is 0 Å². The summed E-state index contributed by atoms with van der Waals surface area (Å²) >= 11 is 4.78. The first-order chi connectivity index (χ1) is 9.72. The van der Waals surface area contributed by atoms with Gasteiger partial charge in [-0.2, -0.15) is 0 Å². The van der Waals surface area contributed by atoms with Crippen molar-refractivity contribution >= 4 is 34.9 Å². The zero-order valence-electron chi connectivity index (χ0n) is 11.8. The molecule has 0 saturated heterocycles. The van der Waals surface area contributed by atoms with E-state index in [0.717, 1.165) is 26.7 Å². The Morgan fingerprint density at radius 1 is 1.30 bits per heavy atom. The van der Waals surface area contributed by atoms with Crippen LogP contribution in [0, 0.1) is 0 Å². The highest BCUT2D eigenvalue weighted by atomic mass is 32.2. The van der Waals surface area contributed by atoms with Crippen molar-refractivity contribution in [1.29, 1.82) is 0 Å². The highest BCUT2D eigenvalue weighted by Gasteiger charge is 2.08. The van der Waals surface area contributed by atoms with E-state index >= 15 is 0 Å². The molecule has 0 saturated carbocycles. The molecular weight excluding hydrogens is 308 g/mol. The van der Waals surface area contributed by atoms with E-state index in [1.54, 1.807) is 34.9 Å². The average Bonchev–Trinajstić information content (AvgIpc) is 2.93. The number of pyridine rings is 1. The lowest BCUT2D eigenvalue weighted by Crippen LogP contribution is -2.19. The van der Waals surface area contributed by atoms with Gasteiger partial charge in [-0.25, -0.2) is 4.98 Å². The van der Waals surface area contributed by atoms with E-state index < -0.39 is 0 Å². The molecule has 2 rings (SSSR count). The lowest BCUT2D eigenvalue weighted by Gasteiger charge is -2.13. The third-order valence-corrected chi connectivity index (χ3v) is 5.61. The van der Waals surface area contributed by atoms with Crippen LogP contribution in [0.15, 0.2) is 32.0 Å². The Morgan fingerprint density at radius 3 is 2.70 bits per heavy atom. The summed E-state index contributed by atoms with van der Waals surface area (Å²) in [5.74, 6) is 0. The third kappa shape index (κ3) is 4.44. The van der Waals surface area contributed by atoms with Crippen molar-refractivity contribution in [3.8, 4) is 0 Å². The van der Waals surface area contributed by atoms with Gasteiger partial charge in [0.05, 0.1) is 0 Å². The van der Waals surface area contributed by atoms with Gasteiger partial charge < -0.3 is 5.32 Å². The van der Waals surface area contributed by atoms with E-state index in [-0.39, 0.29) is 0 Å². The molecule has 0 fully saturated rings. The number of hydrogen-bond donors (Lipinski definition) is 1. The van der Waals surface area contributed by atoms with E-state index in [1.807, 2.05) is 18.5 Å². The molecule has 0 aliphatic carbocycles. The number of aromatic nitrogens is 3. The molecule has 2 aromatic rings. The molecule has 0 bridgehead atoms. The zero-order chi connectivity index (χ0) is 14.4. The molecule has 2 aromatic heterocycles. The highest BCUT2D eigenvalue weighted by Crippen LogP contribution is 2.31. The van der Waals surface area contributed by atoms with Crippen LogP contribution in [0.2, 0.25) is 0 Å². The molecule has 108 valence electrons. The summed E-state index contributed by atoms with van der Waals surface area (Å²) in [4.78, 5) is 4.49. The van der Waals surface area contributed by atoms with Crippen molar-refractivity contribution in [2.24, 2.45) is 0 Å². The van der Waals surface area contributed by atoms with Crippen molar-refractivity contribution in [3.05, 3.63) is 23.9 Å². The van der Waals surface area contributed by atoms with Crippen molar-refractivity contribution in [1.82, 2.24) is 20.5 Å². The SMILES string of the molecule is CCCNC(C)c1ccc(Sc2nnc(SC)s2)nc1. The zero-order valence-corrected chi connectivity index (χ0v) is 14.2. The molecule has 2 heterocycles. The Balaban J connectivity index is 1.97. The normalized spacial score (nSPS) is 12.6. The van der Waals surface area contributed by atoms with Crippen molar-refractivity contribution in [3.63, 3.8) is 0 Å². The molecule has 1 N–H and O–H groups in total. The Labute approximate surface area is 132 Å². The van der Waals surface area contributed by atoms with Gasteiger partial charge in [0.25, 0.3) is 0 Å². The quantitative estimate of drug-likeness (QED) is 0.780. The second-order valence-corrected chi connectivity index (χ2v) is 7.54. The third-order valence-electron chi connectivity index (χ3n) is 2.71. The Bertz CT molecular complexity index is 527. The molecule has 7 heteroatoms. The van der Waals surface area contributed by atoms with Crippen LogP contribution >= 0.6 is 34.9 Å². The first-order valence-corrected chi connectivity index (χ1v) is 9.33. The van der Waals surface area contributed by atoms with Crippen LogP contribution in [0.5, 0.6) is 0 Å². The standard InChI is InChI=1S/C13H18N4S3/c1-4-7-14-9(2)10-5-6-11(15-8-10)19-13-17-16-12(18-3)20-13/h5-6,8-9,14H,4,7H2,1-3H3. The van der Waals surface area contributed by atoms with Crippen LogP contribution in [-0.2, 0) is 0 Å². The number of hydrogen-bond acceptors (Lipinski definition) is 7. The van der Waals surface area contributed by atoms with Gasteiger partial charge in [-0.3, -0.25) is 0 Å². The topological polar surface area (TPSA) is 50.7 Å². The first-order valence-electron chi connectivity index (χ1n) is 6.47. The minimum Gasteiger partial charge on any atom is -0.310 e. The van der Waals surface area contributed by atoms with Gasteiger partial charge in [-0.05, 0) is 49.5 Å². The van der Waals surface area contributed by atoms with E-state index in [2.05, 4.69) is 40.4 Å². The summed E-state index contributed by atoms with van der Waals surface area (Å²) in [6, 6.07) is 4.51. The maximum Gasteiger partial charge on any atom is 0.181 e. The molecule has 0 aliphatic rings. The summed E-state index contributed by atoms with van der Waals surface area (Å²) in [5, 5.41) is 12.6. The van der Waals surface area contributed by atoms with Gasteiger partial charge >= 0.3 is 0 Å². The first kappa shape index (κ1) is 15.8. The summed E-state index contributed by atoms with van der Waals surface area (Å²) in [6.45, 7) is 5.36. The van der Waals surface area contributed by atoms with Crippen LogP contribution in [0.4, 0.5) is 0 Å². The van der Waals surface area contributed by atoms with Gasteiger partial charge in [0.1, 0.15) is 5.03 Å². The van der Waals surface area contributed by atoms with E-state index in [1.165, 1.54) is 5.56 Å². The van der Waals surface area contributed by atoms with Gasteiger partial charge in [0.2, 0.25) is 0 Å². The van der Waals surface area contributed by atoms with Gasteiger partial charge in [0.15, 0.2) is 8.68 Å². The van der Waals surface area contributed by atoms with E-state index in [0.29, 0.717) is 6.04 Å². The smallest absolute Gasteiger partial charge is 0.181 e. The molecule has 1 atom stereocenters. The largest absolute Gasteiger partial charge is 0.310 e. The molecule has 20 heavy (non-hydrogen) atoms. The predicted octanol–water partition coefficient (Wildman–Crippen LogP) is 3.87. The summed E-state index contributed by atoms with van der Waals surface area (Å²) in [7, 11) is 0. The van der Waals surface area contributed by atoms with E-state index in [4.69, 9.17) is 0 Å². The molecule has 0 aliphatic heterocycles. The second-order valence-electron chi connectivity index (χ2n) is 4.25. The fourth-order valence-corrected chi connectivity index (χ4v) is 3.92. The maximum atomic E-state index is 4.49. The van der Waals surface area contributed by atoms with Crippen molar-refractivity contribution < 1.29 is 0 Å². The van der Waals surface area contributed by atoms with Crippen LogP contribution in [0.25, 0.3) is 0 Å². The summed E-state index contributed by atoms with van der Waals surface area (Å²) < 4.78 is 1.92. The highest BCUT2D eigenvalue weighted by molar-refractivity contribution is 8.02. The molecule has 0 aromatic carbocycles. The minimum atomic E-state index is 0.339. The summed E-state index contributed by atoms with van der Waals surface area (Å²) in [5.41, 5.74) is 1.21. The van der Waals surface area contributed by atoms with E-state index in [9.17, 15) is 0 Å². The minimum absolute atomic E-state index is 0.339. The van der Waals surface area contributed by atoms with Crippen LogP contribution in [-0.4, -0.2) is 28.0 Å². The maximum absolute atomic E-state index is 4.49. The number of nitrogens with one attached hydrogen (secondary N) is 1. The molecule has 0 radical (unpaired) electrons. The fourth-order valence-electron chi connectivity index (χ4n) is 1.60. The lowest BCUT2D eigenvalue weighted by molar-refractivity contribution is 0.568. The number of rotatable bonds is 7. The van der Waals surface area contributed by atoms with Gasteiger partial charge in [-0.1, -0.05) is 36.1 Å². The number of thioether (sulfide) groups is 1. The Morgan fingerprint density at radius 2 is 2.10 bits per heavy atom. The lowest BCUT2D eigenvalue weighted by atomic mass is 10.1. The van der Waals surface area contributed by atoms with Crippen LogP contribution in [0.1, 0.15) is 31.9 Å². The average molecular weight is 327 g/mol. The second kappa shape index (κ2) is 7.97. The van der Waals surface area contributed by atoms with Gasteiger partial charge in [-0.15, -0.1) is 10.2 Å². The van der Waals surface area contributed by atoms with Crippen molar-refractivity contribution in [2.75, 3.05) is 12.8 Å². The molecule has 4 nitrogen and oxygen atoms in total. The molecule has 0 amide bonds. The molecular formula is C13H18N4S3. The summed E-state index contributed by atoms with van der Waals surface area (Å²) in [6.07, 6.45) is 5.08. The van der Waals surface area contributed by atoms with Gasteiger partial charge in [0, 0.05) is 12.2 Å². The van der Waals surface area contributed by atoms with Crippen LogP contribution < -0.4 is 5.32 Å². The molecule has 1 unspecified atom stereocenters. The number of nitrogens with zero attached hydrogens (tertiary/aromatic N) is 3. The van der Waals surface area contributed by atoms with Crippen molar-refractivity contribution in [2.45, 2.75) is 40.0 Å². The monoisotopic (exact) mass is 326 g/mol. The molecule has 0 spiro atoms. The Kier molecular flexibility index (Phi) is 6.28.